The second-order valence-corrected chi connectivity index (χ2v) is 8.62. The number of carbonyl (C=O) groups excluding carboxylic acids is 2. The number of carbonyl (C=O) groups is 2. The van der Waals surface area contributed by atoms with Gasteiger partial charge in [-0.2, -0.15) is 0 Å². The Hall–Kier alpha value is -1.95. The normalized spacial score (nSPS) is 23.5. The van der Waals surface area contributed by atoms with E-state index in [0.717, 1.165) is 32.4 Å². The summed E-state index contributed by atoms with van der Waals surface area (Å²) in [5, 5.41) is 6.15. The second-order valence-electron chi connectivity index (χ2n) is 8.62. The van der Waals surface area contributed by atoms with E-state index in [-0.39, 0.29) is 23.5 Å². The average Bonchev–Trinajstić information content (AvgIpc) is 2.71. The molecule has 3 rings (SSSR count). The Balaban J connectivity index is 1.33. The number of halogens is 1. The highest BCUT2D eigenvalue weighted by Gasteiger charge is 2.27. The van der Waals surface area contributed by atoms with Crippen molar-refractivity contribution in [2.75, 3.05) is 26.2 Å². The maximum absolute atomic E-state index is 13.6. The van der Waals surface area contributed by atoms with Crippen molar-refractivity contribution in [3.63, 3.8) is 0 Å². The van der Waals surface area contributed by atoms with Crippen LogP contribution >= 0.6 is 0 Å². The van der Waals surface area contributed by atoms with Crippen LogP contribution in [-0.2, 0) is 16.0 Å². The summed E-state index contributed by atoms with van der Waals surface area (Å²) >= 11 is 0. The molecule has 1 saturated heterocycles. The van der Waals surface area contributed by atoms with Gasteiger partial charge in [-0.25, -0.2) is 4.39 Å². The minimum Gasteiger partial charge on any atom is -0.356 e. The summed E-state index contributed by atoms with van der Waals surface area (Å²) in [4.78, 5) is 26.9. The number of hydrogen-bond acceptors (Lipinski definition) is 3. The van der Waals surface area contributed by atoms with Gasteiger partial charge in [0.1, 0.15) is 5.82 Å². The first-order valence-electron chi connectivity index (χ1n) is 11.1. The highest BCUT2D eigenvalue weighted by atomic mass is 19.1. The standard InChI is InChI=1S/C23H34FN3O2/c1-17-6-2-5-9-21(17)26-22(28)16-27-14-11-19(12-15-27)23(29)25-13-10-18-7-3-4-8-20(18)24/h3-4,7-8,17,19,21H,2,5-6,9-16H2,1H3,(H,25,29)(H,26,28)/t17-,21-/m1/s1. The molecule has 2 amide bonds. The summed E-state index contributed by atoms with van der Waals surface area (Å²) in [5.41, 5.74) is 0.626. The highest BCUT2D eigenvalue weighted by Crippen LogP contribution is 2.24. The third kappa shape index (κ3) is 6.53. The number of nitrogens with zero attached hydrogens (tertiary/aromatic N) is 1. The lowest BCUT2D eigenvalue weighted by Gasteiger charge is -2.33. The zero-order chi connectivity index (χ0) is 20.6. The van der Waals surface area contributed by atoms with Crippen molar-refractivity contribution >= 4 is 11.8 Å². The predicted molar refractivity (Wildman–Crippen MR) is 112 cm³/mol. The van der Waals surface area contributed by atoms with E-state index in [9.17, 15) is 14.0 Å². The van der Waals surface area contributed by atoms with Crippen molar-refractivity contribution in [2.45, 2.75) is 57.9 Å². The van der Waals surface area contributed by atoms with Gasteiger partial charge in [0.2, 0.25) is 11.8 Å². The van der Waals surface area contributed by atoms with Crippen LogP contribution < -0.4 is 10.6 Å². The smallest absolute Gasteiger partial charge is 0.234 e. The van der Waals surface area contributed by atoms with Crippen molar-refractivity contribution < 1.29 is 14.0 Å². The molecule has 0 unspecified atom stereocenters. The van der Waals surface area contributed by atoms with Crippen molar-refractivity contribution in [1.82, 2.24) is 15.5 Å². The molecule has 1 aliphatic heterocycles. The van der Waals surface area contributed by atoms with E-state index in [1.165, 1.54) is 25.3 Å². The maximum Gasteiger partial charge on any atom is 0.234 e. The minimum absolute atomic E-state index is 0.0201. The minimum atomic E-state index is -0.226. The van der Waals surface area contributed by atoms with Crippen LogP contribution in [0.15, 0.2) is 24.3 Å². The third-order valence-corrected chi connectivity index (χ3v) is 6.43. The van der Waals surface area contributed by atoms with Gasteiger partial charge in [-0.3, -0.25) is 14.5 Å². The van der Waals surface area contributed by atoms with E-state index in [4.69, 9.17) is 0 Å². The molecule has 2 fully saturated rings. The first-order chi connectivity index (χ1) is 14.0. The lowest BCUT2D eigenvalue weighted by atomic mass is 9.86. The molecule has 0 aromatic heterocycles. The number of amides is 2. The summed E-state index contributed by atoms with van der Waals surface area (Å²) in [7, 11) is 0. The molecule has 2 atom stereocenters. The molecule has 160 valence electrons. The van der Waals surface area contributed by atoms with Gasteiger partial charge in [-0.1, -0.05) is 38.0 Å². The maximum atomic E-state index is 13.6. The van der Waals surface area contributed by atoms with Crippen LogP contribution in [-0.4, -0.2) is 48.9 Å². The average molecular weight is 404 g/mol. The highest BCUT2D eigenvalue weighted by molar-refractivity contribution is 5.79. The molecular weight excluding hydrogens is 369 g/mol. The monoisotopic (exact) mass is 403 g/mol. The molecule has 2 aliphatic rings. The molecule has 6 heteroatoms. The third-order valence-electron chi connectivity index (χ3n) is 6.43. The van der Waals surface area contributed by atoms with Crippen LogP contribution in [0.25, 0.3) is 0 Å². The molecule has 1 aromatic rings. The van der Waals surface area contributed by atoms with Gasteiger partial charge in [0, 0.05) is 18.5 Å². The van der Waals surface area contributed by atoms with E-state index in [1.54, 1.807) is 18.2 Å². The Morgan fingerprint density at radius 2 is 1.83 bits per heavy atom. The van der Waals surface area contributed by atoms with Gasteiger partial charge in [-0.15, -0.1) is 0 Å². The molecule has 5 nitrogen and oxygen atoms in total. The zero-order valence-corrected chi connectivity index (χ0v) is 17.5. The van der Waals surface area contributed by atoms with Gasteiger partial charge in [0.05, 0.1) is 6.54 Å². The van der Waals surface area contributed by atoms with E-state index in [1.807, 2.05) is 0 Å². The quantitative estimate of drug-likeness (QED) is 0.736. The van der Waals surface area contributed by atoms with Gasteiger partial charge in [0.15, 0.2) is 0 Å². The fraction of sp³-hybridized carbons (Fsp3) is 0.652. The van der Waals surface area contributed by atoms with Gasteiger partial charge < -0.3 is 10.6 Å². The Kier molecular flexibility index (Phi) is 8.04. The fourth-order valence-electron chi connectivity index (χ4n) is 4.51. The van der Waals surface area contributed by atoms with Crippen molar-refractivity contribution in [3.8, 4) is 0 Å². The van der Waals surface area contributed by atoms with Crippen LogP contribution in [0.2, 0.25) is 0 Å². The zero-order valence-electron chi connectivity index (χ0n) is 17.5. The molecule has 2 N–H and O–H groups in total. The number of benzene rings is 1. The summed E-state index contributed by atoms with van der Waals surface area (Å²) < 4.78 is 13.6. The number of likely N-dealkylation sites (tertiary alicyclic amines) is 1. The topological polar surface area (TPSA) is 61.4 Å². The fourth-order valence-corrected chi connectivity index (χ4v) is 4.51. The first kappa shape index (κ1) is 21.8. The Labute approximate surface area is 173 Å². The number of hydrogen-bond donors (Lipinski definition) is 2. The Morgan fingerprint density at radius 1 is 1.10 bits per heavy atom. The van der Waals surface area contributed by atoms with Crippen LogP contribution in [0.5, 0.6) is 0 Å². The molecule has 1 saturated carbocycles. The summed E-state index contributed by atoms with van der Waals surface area (Å²) in [6.45, 7) is 4.62. The molecule has 1 aromatic carbocycles. The Morgan fingerprint density at radius 3 is 2.55 bits per heavy atom. The van der Waals surface area contributed by atoms with Crippen LogP contribution in [0, 0.1) is 17.7 Å². The SMILES string of the molecule is C[C@@H]1CCCC[C@H]1NC(=O)CN1CCC(C(=O)NCCc2ccccc2F)CC1. The number of rotatable bonds is 7. The molecule has 0 bridgehead atoms. The van der Waals surface area contributed by atoms with E-state index in [0.29, 0.717) is 37.0 Å². The van der Waals surface area contributed by atoms with Crippen LogP contribution in [0.3, 0.4) is 0 Å². The summed E-state index contributed by atoms with van der Waals surface area (Å²) in [6.07, 6.45) is 6.77. The molecule has 0 radical (unpaired) electrons. The first-order valence-corrected chi connectivity index (χ1v) is 11.1. The Bertz CT molecular complexity index is 688. The molecule has 1 heterocycles. The van der Waals surface area contributed by atoms with Crippen LogP contribution in [0.4, 0.5) is 4.39 Å². The van der Waals surface area contributed by atoms with E-state index >= 15 is 0 Å². The summed E-state index contributed by atoms with van der Waals surface area (Å²) in [5.74, 6) is 0.466. The van der Waals surface area contributed by atoms with Crippen molar-refractivity contribution in [1.29, 1.82) is 0 Å². The van der Waals surface area contributed by atoms with Gasteiger partial charge in [-0.05, 0) is 62.7 Å². The number of nitrogens with one attached hydrogen (secondary N) is 2. The van der Waals surface area contributed by atoms with E-state index in [2.05, 4.69) is 22.5 Å². The van der Waals surface area contributed by atoms with Crippen LogP contribution in [0.1, 0.15) is 51.0 Å². The molecule has 1 aliphatic carbocycles. The lowest BCUT2D eigenvalue weighted by Crippen LogP contribution is -2.48. The van der Waals surface area contributed by atoms with Crippen molar-refractivity contribution in [3.05, 3.63) is 35.6 Å². The molecule has 0 spiro atoms. The van der Waals surface area contributed by atoms with E-state index < -0.39 is 0 Å². The molecular formula is C23H34FN3O2. The largest absolute Gasteiger partial charge is 0.356 e. The number of piperidine rings is 1. The second kappa shape index (κ2) is 10.7. The van der Waals surface area contributed by atoms with Crippen molar-refractivity contribution in [2.24, 2.45) is 11.8 Å². The lowest BCUT2D eigenvalue weighted by molar-refractivity contribution is -0.127. The molecule has 29 heavy (non-hydrogen) atoms. The predicted octanol–water partition coefficient (Wildman–Crippen LogP) is 2.89. The summed E-state index contributed by atoms with van der Waals surface area (Å²) in [6, 6.07) is 6.98. The van der Waals surface area contributed by atoms with Gasteiger partial charge >= 0.3 is 0 Å². The van der Waals surface area contributed by atoms with Gasteiger partial charge in [0.25, 0.3) is 0 Å².